The summed E-state index contributed by atoms with van der Waals surface area (Å²) in [5, 5.41) is 20.6. The van der Waals surface area contributed by atoms with E-state index in [0.29, 0.717) is 0 Å². The third-order valence-corrected chi connectivity index (χ3v) is 3.94. The average Bonchev–Trinajstić information content (AvgIpc) is 2.64. The molecule has 4 rings (SSSR count). The normalized spacial score (nSPS) is 22.2. The zero-order valence-corrected chi connectivity index (χ0v) is 9.42. The number of ether oxygens (including phenoxy) is 1. The average molecular weight is 232 g/mol. The van der Waals surface area contributed by atoms with Gasteiger partial charge < -0.3 is 4.74 Å². The van der Waals surface area contributed by atoms with E-state index in [9.17, 15) is 0 Å². The molecule has 3 nitrogen and oxygen atoms in total. The Labute approximate surface area is 104 Å². The fraction of sp³-hybridized carbons (Fsp3) is 0.200. The van der Waals surface area contributed by atoms with E-state index in [2.05, 4.69) is 18.2 Å². The first-order valence-corrected chi connectivity index (χ1v) is 5.86. The van der Waals surface area contributed by atoms with E-state index >= 15 is 0 Å². The molecular weight excluding hydrogens is 224 g/mol. The van der Waals surface area contributed by atoms with Crippen molar-refractivity contribution in [2.24, 2.45) is 5.92 Å². The van der Waals surface area contributed by atoms with Gasteiger partial charge in [-0.05, 0) is 22.4 Å². The third-order valence-electron chi connectivity index (χ3n) is 3.94. The van der Waals surface area contributed by atoms with Crippen molar-refractivity contribution in [1.82, 2.24) is 0 Å². The lowest BCUT2D eigenvalue weighted by molar-refractivity contribution is 0.119. The number of benzene rings is 2. The number of nitrogens with zero attached hydrogens (tertiary/aromatic N) is 2. The number of rotatable bonds is 1. The third kappa shape index (κ3) is 0.893. The quantitative estimate of drug-likeness (QED) is 0.759. The standard InChI is InChI=1S/C15H8N2O/c16-6-9(7-17)13-10-3-1-2-8-4-5-11-14(12(8)10)15(13)18-11/h1-5,9,13,15H. The summed E-state index contributed by atoms with van der Waals surface area (Å²) in [6.45, 7) is 0. The van der Waals surface area contributed by atoms with Crippen LogP contribution in [0.3, 0.4) is 0 Å². The Hall–Kier alpha value is -2.52. The highest BCUT2D eigenvalue weighted by Gasteiger charge is 2.48. The van der Waals surface area contributed by atoms with Crippen LogP contribution in [-0.2, 0) is 0 Å². The largest absolute Gasteiger partial charge is 0.484 e. The summed E-state index contributed by atoms with van der Waals surface area (Å²) in [4.78, 5) is 0. The molecule has 3 heteroatoms. The van der Waals surface area contributed by atoms with Crippen LogP contribution in [0.4, 0.5) is 0 Å². The molecule has 0 N–H and O–H groups in total. The van der Waals surface area contributed by atoms with Gasteiger partial charge in [0.25, 0.3) is 0 Å². The number of hydrogen-bond acceptors (Lipinski definition) is 3. The van der Waals surface area contributed by atoms with Crippen molar-refractivity contribution >= 4 is 10.8 Å². The van der Waals surface area contributed by atoms with E-state index in [1.165, 1.54) is 10.9 Å². The highest BCUT2D eigenvalue weighted by Crippen LogP contribution is 2.59. The molecule has 2 unspecified atom stereocenters. The SMILES string of the molecule is N#CC(C#N)C1c2cccc3ccc4c(c23)C1O4. The van der Waals surface area contributed by atoms with Crippen molar-refractivity contribution in [3.63, 3.8) is 0 Å². The van der Waals surface area contributed by atoms with Gasteiger partial charge in [-0.2, -0.15) is 10.5 Å². The minimum atomic E-state index is -0.652. The fourth-order valence-corrected chi connectivity index (χ4v) is 3.18. The lowest BCUT2D eigenvalue weighted by atomic mass is 9.85. The van der Waals surface area contributed by atoms with E-state index in [1.807, 2.05) is 24.3 Å². The monoisotopic (exact) mass is 232 g/mol. The molecule has 1 aliphatic heterocycles. The molecule has 1 aliphatic carbocycles. The van der Waals surface area contributed by atoms with Crippen LogP contribution in [0.1, 0.15) is 23.1 Å². The van der Waals surface area contributed by atoms with Gasteiger partial charge in [0.15, 0.2) is 0 Å². The molecule has 0 aromatic heterocycles. The second kappa shape index (κ2) is 3.03. The van der Waals surface area contributed by atoms with Gasteiger partial charge >= 0.3 is 0 Å². The van der Waals surface area contributed by atoms with Gasteiger partial charge in [-0.25, -0.2) is 0 Å². The second-order valence-corrected chi connectivity index (χ2v) is 4.72. The predicted molar refractivity (Wildman–Crippen MR) is 64.8 cm³/mol. The summed E-state index contributed by atoms with van der Waals surface area (Å²) in [5.74, 6) is 0.104. The Bertz CT molecular complexity index is 752. The minimum absolute atomic E-state index is 0.106. The van der Waals surface area contributed by atoms with Crippen LogP contribution >= 0.6 is 0 Å². The summed E-state index contributed by atoms with van der Waals surface area (Å²) in [6, 6.07) is 14.2. The zero-order valence-electron chi connectivity index (χ0n) is 9.42. The smallest absolute Gasteiger partial charge is 0.144 e. The van der Waals surface area contributed by atoms with Gasteiger partial charge in [-0.15, -0.1) is 0 Å². The van der Waals surface area contributed by atoms with Gasteiger partial charge in [0.2, 0.25) is 0 Å². The highest BCUT2D eigenvalue weighted by molar-refractivity contribution is 5.95. The van der Waals surface area contributed by atoms with Crippen LogP contribution in [0.2, 0.25) is 0 Å². The molecule has 84 valence electrons. The summed E-state index contributed by atoms with van der Waals surface area (Å²) in [6.07, 6.45) is -0.106. The Morgan fingerprint density at radius 2 is 1.94 bits per heavy atom. The fourth-order valence-electron chi connectivity index (χ4n) is 3.18. The first-order valence-electron chi connectivity index (χ1n) is 5.86. The molecule has 0 spiro atoms. The van der Waals surface area contributed by atoms with Crippen molar-refractivity contribution in [1.29, 1.82) is 10.5 Å². The number of hydrogen-bond donors (Lipinski definition) is 0. The van der Waals surface area contributed by atoms with E-state index in [4.69, 9.17) is 15.3 Å². The lowest BCUT2D eigenvalue weighted by Gasteiger charge is -2.32. The first-order chi connectivity index (χ1) is 8.85. The van der Waals surface area contributed by atoms with Crippen LogP contribution in [0.5, 0.6) is 5.75 Å². The Morgan fingerprint density at radius 1 is 1.11 bits per heavy atom. The van der Waals surface area contributed by atoms with E-state index < -0.39 is 5.92 Å². The molecule has 2 aromatic carbocycles. The lowest BCUT2D eigenvalue weighted by Crippen LogP contribution is -2.25. The Morgan fingerprint density at radius 3 is 2.72 bits per heavy atom. The van der Waals surface area contributed by atoms with Crippen LogP contribution in [0, 0.1) is 28.6 Å². The molecule has 0 saturated heterocycles. The van der Waals surface area contributed by atoms with E-state index in [0.717, 1.165) is 16.7 Å². The topological polar surface area (TPSA) is 56.8 Å². The minimum Gasteiger partial charge on any atom is -0.484 e. The zero-order chi connectivity index (χ0) is 12.3. The highest BCUT2D eigenvalue weighted by atomic mass is 16.5. The summed E-state index contributed by atoms with van der Waals surface area (Å²) >= 11 is 0. The Kier molecular flexibility index (Phi) is 1.60. The van der Waals surface area contributed by atoms with Crippen molar-refractivity contribution in [2.75, 3.05) is 0 Å². The molecular formula is C15H8N2O. The van der Waals surface area contributed by atoms with Crippen LogP contribution in [0.25, 0.3) is 10.8 Å². The van der Waals surface area contributed by atoms with Gasteiger partial charge in [-0.1, -0.05) is 24.3 Å². The Balaban J connectivity index is 2.04. The molecule has 0 amide bonds. The van der Waals surface area contributed by atoms with Crippen molar-refractivity contribution in [2.45, 2.75) is 12.0 Å². The van der Waals surface area contributed by atoms with Crippen molar-refractivity contribution in [3.05, 3.63) is 41.5 Å². The maximum atomic E-state index is 9.13. The molecule has 2 atom stereocenters. The number of nitriles is 2. The van der Waals surface area contributed by atoms with Crippen molar-refractivity contribution in [3.8, 4) is 17.9 Å². The summed E-state index contributed by atoms with van der Waals surface area (Å²) in [7, 11) is 0. The molecule has 0 radical (unpaired) electrons. The van der Waals surface area contributed by atoms with Gasteiger partial charge in [0.05, 0.1) is 18.1 Å². The summed E-state index contributed by atoms with van der Waals surface area (Å²) < 4.78 is 5.73. The second-order valence-electron chi connectivity index (χ2n) is 4.72. The molecule has 0 saturated carbocycles. The van der Waals surface area contributed by atoms with Crippen LogP contribution < -0.4 is 4.74 Å². The predicted octanol–water partition coefficient (Wildman–Crippen LogP) is 3.03. The van der Waals surface area contributed by atoms with Crippen LogP contribution in [-0.4, -0.2) is 0 Å². The molecule has 18 heavy (non-hydrogen) atoms. The van der Waals surface area contributed by atoms with Crippen LogP contribution in [0.15, 0.2) is 30.3 Å². The maximum absolute atomic E-state index is 9.13. The van der Waals surface area contributed by atoms with Gasteiger partial charge in [0, 0.05) is 5.56 Å². The van der Waals surface area contributed by atoms with E-state index in [1.54, 1.807) is 0 Å². The van der Waals surface area contributed by atoms with Gasteiger partial charge in [-0.3, -0.25) is 0 Å². The maximum Gasteiger partial charge on any atom is 0.144 e. The van der Waals surface area contributed by atoms with Crippen molar-refractivity contribution < 1.29 is 4.74 Å². The first kappa shape index (κ1) is 9.50. The molecule has 0 fully saturated rings. The molecule has 2 aliphatic rings. The summed E-state index contributed by atoms with van der Waals surface area (Å²) in [5.41, 5.74) is 2.27. The van der Waals surface area contributed by atoms with Gasteiger partial charge in [0.1, 0.15) is 17.8 Å². The molecule has 0 bridgehead atoms. The molecule has 2 aromatic rings. The molecule has 1 heterocycles. The van der Waals surface area contributed by atoms with E-state index in [-0.39, 0.29) is 12.0 Å².